The second kappa shape index (κ2) is 27.8. The highest BCUT2D eigenvalue weighted by molar-refractivity contribution is 5.98. The van der Waals surface area contributed by atoms with E-state index in [1.807, 2.05) is 0 Å². The van der Waals surface area contributed by atoms with Gasteiger partial charge < -0.3 is 72.4 Å². The van der Waals surface area contributed by atoms with Crippen LogP contribution in [0.5, 0.6) is 11.5 Å². The van der Waals surface area contributed by atoms with Crippen LogP contribution in [0.3, 0.4) is 0 Å². The fourth-order valence-electron chi connectivity index (χ4n) is 9.62. The summed E-state index contributed by atoms with van der Waals surface area (Å²) in [6.45, 7) is 8.24. The van der Waals surface area contributed by atoms with Crippen molar-refractivity contribution in [3.63, 3.8) is 0 Å². The summed E-state index contributed by atoms with van der Waals surface area (Å²) in [7, 11) is 1.35. The van der Waals surface area contributed by atoms with Gasteiger partial charge in [0.15, 0.2) is 0 Å². The molecule has 422 valence electrons. The summed E-state index contributed by atoms with van der Waals surface area (Å²) < 4.78 is 5.96. The smallest absolute Gasteiger partial charge is 0.329 e. The lowest BCUT2D eigenvalue weighted by Gasteiger charge is -2.43. The van der Waals surface area contributed by atoms with Crippen LogP contribution in [-0.2, 0) is 60.7 Å². The number of piperidine rings is 1. The van der Waals surface area contributed by atoms with E-state index in [4.69, 9.17) is 10.5 Å². The van der Waals surface area contributed by atoms with Gasteiger partial charge in [-0.1, -0.05) is 70.5 Å². The van der Waals surface area contributed by atoms with Gasteiger partial charge in [-0.3, -0.25) is 38.4 Å². The van der Waals surface area contributed by atoms with Crippen LogP contribution in [0.15, 0.2) is 60.7 Å². The average molecular weight is 1080 g/mol. The minimum Gasteiger partial charge on any atom is -0.508 e. The number of esters is 1. The minimum atomic E-state index is -1.90. The normalized spacial score (nSPS) is 27.1. The number of nitrogens with one attached hydrogen (secondary N) is 5. The molecule has 3 aliphatic rings. The van der Waals surface area contributed by atoms with Gasteiger partial charge in [0.25, 0.3) is 0 Å². The number of carbonyl (C=O) groups excluding carboxylic acids is 9. The molecule has 13 atom stereocenters. The molecule has 23 heteroatoms. The van der Waals surface area contributed by atoms with Crippen LogP contribution in [0.2, 0.25) is 0 Å². The van der Waals surface area contributed by atoms with E-state index in [9.17, 15) is 68.7 Å². The molecule has 12 N–H and O–H groups in total. The highest BCUT2D eigenvalue weighted by Crippen LogP contribution is 2.28. The van der Waals surface area contributed by atoms with Crippen LogP contribution in [0.1, 0.15) is 104 Å². The number of nitrogens with two attached hydrogens (primary N) is 1. The number of cyclic esters (lactones) is 1. The topological polar surface area (TPSA) is 357 Å². The number of rotatable bonds is 17. The van der Waals surface area contributed by atoms with E-state index in [2.05, 4.69) is 26.6 Å². The summed E-state index contributed by atoms with van der Waals surface area (Å²) in [6, 6.07) is 0.875. The number of aromatic hydroxyl groups is 2. The first-order chi connectivity index (χ1) is 36.4. The summed E-state index contributed by atoms with van der Waals surface area (Å²) in [4.78, 5) is 131. The van der Waals surface area contributed by atoms with Gasteiger partial charge in [-0.15, -0.1) is 0 Å². The van der Waals surface area contributed by atoms with E-state index in [1.165, 1.54) is 50.4 Å². The molecular formula is C54H76N8O15. The lowest BCUT2D eigenvalue weighted by molar-refractivity contribution is -0.166. The maximum Gasteiger partial charge on any atom is 0.329 e. The van der Waals surface area contributed by atoms with Crippen LogP contribution >= 0.6 is 0 Å². The van der Waals surface area contributed by atoms with Crippen molar-refractivity contribution in [2.75, 3.05) is 7.05 Å². The molecule has 23 nitrogen and oxygen atoms in total. The highest BCUT2D eigenvalue weighted by atomic mass is 16.5. The SMILES string of the molecule is CC[C@H](C)[C@@H]1NC(=O)[C@H](Cc2ccc(O)cc2)N(C)C(=O)[C@H](CC(C)C)N2C(=O)[C@H](CC[C@H]2O)NC(=O)[C@H](C[C@@H]2C=C[C@@H](O)CC2)NC(=O)C(NC(=O)[C@H](CCC(N)=O)NC(=O)[C@H](O)Cc2ccc(O)cc2)[C@@H](C)OC1=O. The molecule has 8 amide bonds. The number of allylic oxidation sites excluding steroid dienone is 1. The van der Waals surface area contributed by atoms with Gasteiger partial charge in [-0.2, -0.15) is 0 Å². The molecule has 2 bridgehead atoms. The van der Waals surface area contributed by atoms with Crippen molar-refractivity contribution in [2.24, 2.45) is 23.5 Å². The van der Waals surface area contributed by atoms with Crippen molar-refractivity contribution in [3.8, 4) is 11.5 Å². The monoisotopic (exact) mass is 1080 g/mol. The summed E-state index contributed by atoms with van der Waals surface area (Å²) in [5, 5.41) is 65.4. The number of aliphatic hydroxyl groups excluding tert-OH is 3. The van der Waals surface area contributed by atoms with E-state index in [1.54, 1.807) is 52.0 Å². The van der Waals surface area contributed by atoms with E-state index >= 15 is 0 Å². The van der Waals surface area contributed by atoms with Gasteiger partial charge in [-0.05, 0) is 105 Å². The molecule has 2 heterocycles. The van der Waals surface area contributed by atoms with Crippen LogP contribution in [0.25, 0.3) is 0 Å². The molecule has 1 unspecified atom stereocenters. The largest absolute Gasteiger partial charge is 0.508 e. The third kappa shape index (κ3) is 16.9. The lowest BCUT2D eigenvalue weighted by Crippen LogP contribution is -2.65. The Morgan fingerprint density at radius 3 is 2.01 bits per heavy atom. The van der Waals surface area contributed by atoms with Gasteiger partial charge in [0.2, 0.25) is 47.3 Å². The van der Waals surface area contributed by atoms with E-state index in [0.717, 1.165) is 9.80 Å². The Labute approximate surface area is 447 Å². The summed E-state index contributed by atoms with van der Waals surface area (Å²) in [6.07, 6.45) is -3.06. The van der Waals surface area contributed by atoms with Crippen LogP contribution in [0.4, 0.5) is 0 Å². The molecule has 5 rings (SSSR count). The number of ether oxygens (including phenoxy) is 1. The number of carbonyl (C=O) groups is 9. The Kier molecular flexibility index (Phi) is 21.9. The number of phenolic OH excluding ortho intramolecular Hbond substituents is 2. The Balaban J connectivity index is 1.61. The van der Waals surface area contributed by atoms with Crippen LogP contribution in [-0.4, -0.2) is 162 Å². The number of fused-ring (bicyclic) bond motifs is 2. The Morgan fingerprint density at radius 1 is 0.792 bits per heavy atom. The third-order valence-corrected chi connectivity index (χ3v) is 14.4. The molecule has 2 aromatic rings. The van der Waals surface area contributed by atoms with Gasteiger partial charge >= 0.3 is 5.97 Å². The Hall–Kier alpha value is -7.11. The molecule has 2 fully saturated rings. The molecule has 2 aromatic carbocycles. The first-order valence-corrected chi connectivity index (χ1v) is 26.2. The number of phenols is 2. The number of hydrogen-bond donors (Lipinski definition) is 11. The number of primary amides is 1. The Morgan fingerprint density at radius 2 is 1.43 bits per heavy atom. The van der Waals surface area contributed by atoms with Crippen molar-refractivity contribution in [2.45, 2.75) is 172 Å². The molecular weight excluding hydrogens is 1000 g/mol. The van der Waals surface area contributed by atoms with E-state index in [-0.39, 0.29) is 62.4 Å². The first-order valence-electron chi connectivity index (χ1n) is 26.2. The van der Waals surface area contributed by atoms with E-state index < -0.39 is 145 Å². The van der Waals surface area contributed by atoms with Gasteiger partial charge in [-0.25, -0.2) is 4.79 Å². The molecule has 77 heavy (non-hydrogen) atoms. The van der Waals surface area contributed by atoms with Crippen LogP contribution in [0, 0.1) is 17.8 Å². The number of benzene rings is 2. The maximum atomic E-state index is 15.0. The predicted octanol–water partition coefficient (Wildman–Crippen LogP) is -0.175. The van der Waals surface area contributed by atoms with Crippen molar-refractivity contribution in [1.82, 2.24) is 36.4 Å². The minimum absolute atomic E-state index is 0.0129. The molecule has 0 aromatic heterocycles. The highest BCUT2D eigenvalue weighted by Gasteiger charge is 2.46. The number of aliphatic hydroxyl groups is 3. The first kappa shape index (κ1) is 60.8. The standard InChI is InChI=1S/C54H76N8O15/c1-7-29(4)45-54(76)77-30(5)46(60-47(69)37(20-22-43(55)67)56-50(72)42(66)27-33-12-18-36(65)19-13-33)51(73)58-39(25-31-8-14-34(63)15-9-31)48(70)57-38-21-23-44(68)62(52(38)74)41(24-28(2)3)53(75)61(6)40(49(71)59-45)26-32-10-16-35(64)17-11-32/h8,10-14,16-19,28-31,34,37-42,44-46,63-66,68H,7,9,15,20-27H2,1-6H3,(H2,55,67)(H,56,72)(H,57,70)(H,58,73)(H,59,71)(H,60,69)/t29-,30+,31+,34+,37-,38-,39-,40-,41-,42+,44+,45-,46?/m0/s1. The van der Waals surface area contributed by atoms with Gasteiger partial charge in [0.05, 0.1) is 6.10 Å². The van der Waals surface area contributed by atoms with Gasteiger partial charge in [0.1, 0.15) is 72.2 Å². The quantitative estimate of drug-likeness (QED) is 0.0724. The zero-order chi connectivity index (χ0) is 56.8. The number of hydrogen-bond acceptors (Lipinski definition) is 15. The Bertz CT molecular complexity index is 2460. The molecule has 2 aliphatic heterocycles. The van der Waals surface area contributed by atoms with Gasteiger partial charge in [0, 0.05) is 26.3 Å². The van der Waals surface area contributed by atoms with Crippen LogP contribution < -0.4 is 32.3 Å². The summed E-state index contributed by atoms with van der Waals surface area (Å²) in [5.74, 6) is -9.95. The number of nitrogens with zero attached hydrogens (tertiary/aromatic N) is 2. The zero-order valence-electron chi connectivity index (χ0n) is 44.4. The third-order valence-electron chi connectivity index (χ3n) is 14.4. The predicted molar refractivity (Wildman–Crippen MR) is 277 cm³/mol. The summed E-state index contributed by atoms with van der Waals surface area (Å²) in [5.41, 5.74) is 6.38. The lowest BCUT2D eigenvalue weighted by atomic mass is 9.88. The average Bonchev–Trinajstić information content (AvgIpc) is 3.38. The van der Waals surface area contributed by atoms with Crippen molar-refractivity contribution < 1.29 is 73.4 Å². The second-order valence-corrected chi connectivity index (χ2v) is 20.9. The zero-order valence-corrected chi connectivity index (χ0v) is 44.4. The number of amides is 8. The molecule has 1 aliphatic carbocycles. The second-order valence-electron chi connectivity index (χ2n) is 20.9. The van der Waals surface area contributed by atoms with Crippen molar-refractivity contribution >= 4 is 53.2 Å². The number of likely N-dealkylation sites (N-methyl/N-ethyl adjacent to an activating group) is 1. The van der Waals surface area contributed by atoms with E-state index in [0.29, 0.717) is 24.0 Å². The molecule has 2 saturated heterocycles. The molecule has 0 spiro atoms. The van der Waals surface area contributed by atoms with Crippen molar-refractivity contribution in [1.29, 1.82) is 0 Å². The fraction of sp³-hybridized carbons (Fsp3) is 0.574. The fourth-order valence-corrected chi connectivity index (χ4v) is 9.62. The maximum absolute atomic E-state index is 15.0. The molecule has 0 saturated carbocycles. The molecule has 0 radical (unpaired) electrons. The summed E-state index contributed by atoms with van der Waals surface area (Å²) >= 11 is 0. The van der Waals surface area contributed by atoms with Crippen molar-refractivity contribution in [3.05, 3.63) is 71.8 Å².